The number of carbonyl (C=O) groups is 1. The van der Waals surface area contributed by atoms with Crippen molar-refractivity contribution in [2.75, 3.05) is 20.1 Å². The molecule has 2 rings (SSSR count). The Morgan fingerprint density at radius 3 is 2.64 bits per heavy atom. The lowest BCUT2D eigenvalue weighted by Gasteiger charge is -2.14. The van der Waals surface area contributed by atoms with Crippen LogP contribution < -0.4 is 16.0 Å². The van der Waals surface area contributed by atoms with Crippen molar-refractivity contribution in [3.05, 3.63) is 53.9 Å². The Morgan fingerprint density at radius 1 is 1.16 bits per heavy atom. The number of nitrogens with one attached hydrogen (secondary N) is 3. The van der Waals surface area contributed by atoms with Crippen molar-refractivity contribution in [3.63, 3.8) is 0 Å². The zero-order valence-corrected chi connectivity index (χ0v) is 14.8. The summed E-state index contributed by atoms with van der Waals surface area (Å²) in [6.45, 7) is 4.25. The van der Waals surface area contributed by atoms with Crippen LogP contribution in [0.15, 0.2) is 47.7 Å². The van der Waals surface area contributed by atoms with Gasteiger partial charge in [-0.2, -0.15) is 5.10 Å². The molecule has 1 amide bonds. The number of carbonyl (C=O) groups excluding carboxylic acids is 1. The minimum atomic E-state index is -0.0381. The van der Waals surface area contributed by atoms with Crippen molar-refractivity contribution < 1.29 is 4.79 Å². The van der Waals surface area contributed by atoms with Gasteiger partial charge in [0, 0.05) is 32.5 Å². The summed E-state index contributed by atoms with van der Waals surface area (Å²) >= 11 is 0. The van der Waals surface area contributed by atoms with E-state index in [-0.39, 0.29) is 12.5 Å². The third kappa shape index (κ3) is 6.29. The van der Waals surface area contributed by atoms with Crippen LogP contribution in [-0.4, -0.2) is 41.8 Å². The van der Waals surface area contributed by atoms with E-state index in [1.807, 2.05) is 36.0 Å². The molecule has 7 heteroatoms. The second kappa shape index (κ2) is 10.1. The fourth-order valence-electron chi connectivity index (χ4n) is 2.34. The molecule has 0 aliphatic rings. The van der Waals surface area contributed by atoms with Crippen LogP contribution in [0.2, 0.25) is 0 Å². The van der Waals surface area contributed by atoms with Gasteiger partial charge in [0.2, 0.25) is 5.91 Å². The molecular weight excluding hydrogens is 316 g/mol. The molecule has 0 bridgehead atoms. The highest BCUT2D eigenvalue weighted by atomic mass is 16.1. The van der Waals surface area contributed by atoms with Gasteiger partial charge in [-0.25, -0.2) is 0 Å². The van der Waals surface area contributed by atoms with Crippen molar-refractivity contribution in [1.82, 2.24) is 25.7 Å². The summed E-state index contributed by atoms with van der Waals surface area (Å²) in [6.07, 6.45) is 4.64. The van der Waals surface area contributed by atoms with Gasteiger partial charge in [-0.05, 0) is 23.6 Å². The SMILES string of the molecule is CCCNC(=O)CNC(=NC)NCc1ccccc1Cn1cccn1. The zero-order valence-electron chi connectivity index (χ0n) is 14.8. The Kier molecular flexibility index (Phi) is 7.49. The number of amides is 1. The number of benzene rings is 1. The average Bonchev–Trinajstić information content (AvgIpc) is 3.14. The molecule has 3 N–H and O–H groups in total. The largest absolute Gasteiger partial charge is 0.355 e. The maximum atomic E-state index is 11.7. The summed E-state index contributed by atoms with van der Waals surface area (Å²) < 4.78 is 1.89. The van der Waals surface area contributed by atoms with Crippen LogP contribution in [0.5, 0.6) is 0 Å². The molecule has 25 heavy (non-hydrogen) atoms. The molecule has 2 aromatic rings. The summed E-state index contributed by atoms with van der Waals surface area (Å²) in [5.74, 6) is 0.560. The summed E-state index contributed by atoms with van der Waals surface area (Å²) in [4.78, 5) is 15.8. The standard InChI is InChI=1S/C18H26N6O/c1-3-9-20-17(25)13-22-18(19-2)21-12-15-7-4-5-8-16(15)14-24-11-6-10-23-24/h4-8,10-11H,3,9,12-14H2,1-2H3,(H,20,25)(H2,19,21,22). The van der Waals surface area contributed by atoms with E-state index in [1.165, 1.54) is 5.56 Å². The highest BCUT2D eigenvalue weighted by molar-refractivity contribution is 5.86. The summed E-state index contributed by atoms with van der Waals surface area (Å²) in [5, 5.41) is 13.3. The van der Waals surface area contributed by atoms with Gasteiger partial charge in [0.05, 0.1) is 13.1 Å². The van der Waals surface area contributed by atoms with Crippen LogP contribution in [0.4, 0.5) is 0 Å². The third-order valence-electron chi connectivity index (χ3n) is 3.67. The molecule has 134 valence electrons. The third-order valence-corrected chi connectivity index (χ3v) is 3.67. The minimum Gasteiger partial charge on any atom is -0.355 e. The van der Waals surface area contributed by atoms with Gasteiger partial charge >= 0.3 is 0 Å². The van der Waals surface area contributed by atoms with Crippen LogP contribution in [0.3, 0.4) is 0 Å². The topological polar surface area (TPSA) is 83.3 Å². The molecular formula is C18H26N6O. The molecule has 0 spiro atoms. The predicted molar refractivity (Wildman–Crippen MR) is 99.3 cm³/mol. The van der Waals surface area contributed by atoms with Crippen molar-refractivity contribution in [2.24, 2.45) is 4.99 Å². The second-order valence-electron chi connectivity index (χ2n) is 5.60. The first-order valence-corrected chi connectivity index (χ1v) is 8.48. The maximum absolute atomic E-state index is 11.7. The smallest absolute Gasteiger partial charge is 0.239 e. The molecule has 0 aliphatic heterocycles. The molecule has 7 nitrogen and oxygen atoms in total. The van der Waals surface area contributed by atoms with Crippen LogP contribution >= 0.6 is 0 Å². The van der Waals surface area contributed by atoms with Crippen LogP contribution in [0.1, 0.15) is 24.5 Å². The number of rotatable bonds is 8. The van der Waals surface area contributed by atoms with Gasteiger partial charge in [-0.3, -0.25) is 14.5 Å². The minimum absolute atomic E-state index is 0.0381. The quantitative estimate of drug-likeness (QED) is 0.496. The average molecular weight is 342 g/mol. The van der Waals surface area contributed by atoms with E-state index in [0.717, 1.165) is 18.5 Å². The van der Waals surface area contributed by atoms with E-state index in [4.69, 9.17) is 0 Å². The van der Waals surface area contributed by atoms with Gasteiger partial charge in [0.1, 0.15) is 0 Å². The highest BCUT2D eigenvalue weighted by Crippen LogP contribution is 2.10. The predicted octanol–water partition coefficient (Wildman–Crippen LogP) is 1.12. The first-order valence-electron chi connectivity index (χ1n) is 8.48. The highest BCUT2D eigenvalue weighted by Gasteiger charge is 2.06. The maximum Gasteiger partial charge on any atom is 0.239 e. The summed E-state index contributed by atoms with van der Waals surface area (Å²) in [6, 6.07) is 10.1. The monoisotopic (exact) mass is 342 g/mol. The van der Waals surface area contributed by atoms with Crippen molar-refractivity contribution in [3.8, 4) is 0 Å². The molecule has 1 aromatic heterocycles. The Bertz CT molecular complexity index is 681. The van der Waals surface area contributed by atoms with Crippen LogP contribution in [-0.2, 0) is 17.9 Å². The molecule has 0 saturated carbocycles. The Labute approximate surface area is 148 Å². The number of aromatic nitrogens is 2. The molecule has 0 unspecified atom stereocenters. The van der Waals surface area contributed by atoms with E-state index in [2.05, 4.69) is 38.2 Å². The number of hydrogen-bond donors (Lipinski definition) is 3. The molecule has 0 aliphatic carbocycles. The lowest BCUT2D eigenvalue weighted by Crippen LogP contribution is -2.43. The molecule has 0 fully saturated rings. The second-order valence-corrected chi connectivity index (χ2v) is 5.60. The van der Waals surface area contributed by atoms with Gasteiger partial charge in [-0.15, -0.1) is 0 Å². The lowest BCUT2D eigenvalue weighted by atomic mass is 10.1. The Morgan fingerprint density at radius 2 is 1.96 bits per heavy atom. The summed E-state index contributed by atoms with van der Waals surface area (Å²) in [7, 11) is 1.69. The molecule has 1 aromatic carbocycles. The fourth-order valence-corrected chi connectivity index (χ4v) is 2.34. The van der Waals surface area contributed by atoms with E-state index in [0.29, 0.717) is 19.0 Å². The van der Waals surface area contributed by atoms with Crippen LogP contribution in [0.25, 0.3) is 0 Å². The molecule has 1 heterocycles. The van der Waals surface area contributed by atoms with Crippen molar-refractivity contribution in [1.29, 1.82) is 0 Å². The van der Waals surface area contributed by atoms with E-state index >= 15 is 0 Å². The van der Waals surface area contributed by atoms with Gasteiger partial charge in [-0.1, -0.05) is 31.2 Å². The Balaban J connectivity index is 1.88. The number of hydrogen-bond acceptors (Lipinski definition) is 3. The first kappa shape index (κ1) is 18.5. The normalized spacial score (nSPS) is 11.2. The van der Waals surface area contributed by atoms with E-state index in [1.54, 1.807) is 13.2 Å². The number of guanidine groups is 1. The summed E-state index contributed by atoms with van der Waals surface area (Å²) in [5.41, 5.74) is 2.35. The first-order chi connectivity index (χ1) is 12.2. The van der Waals surface area contributed by atoms with Gasteiger partial charge in [0.15, 0.2) is 5.96 Å². The molecule has 0 radical (unpaired) electrons. The van der Waals surface area contributed by atoms with Crippen molar-refractivity contribution in [2.45, 2.75) is 26.4 Å². The molecule has 0 atom stereocenters. The van der Waals surface area contributed by atoms with Gasteiger partial charge in [0.25, 0.3) is 0 Å². The van der Waals surface area contributed by atoms with E-state index in [9.17, 15) is 4.79 Å². The lowest BCUT2D eigenvalue weighted by molar-refractivity contribution is -0.120. The van der Waals surface area contributed by atoms with Crippen molar-refractivity contribution >= 4 is 11.9 Å². The Hall–Kier alpha value is -2.83. The number of nitrogens with zero attached hydrogens (tertiary/aromatic N) is 3. The van der Waals surface area contributed by atoms with Crippen LogP contribution in [0, 0.1) is 0 Å². The fraction of sp³-hybridized carbons (Fsp3) is 0.389. The molecule has 0 saturated heterocycles. The van der Waals surface area contributed by atoms with Gasteiger partial charge < -0.3 is 16.0 Å². The number of aliphatic imine (C=N–C) groups is 1. The zero-order chi connectivity index (χ0) is 17.9. The van der Waals surface area contributed by atoms with E-state index < -0.39 is 0 Å².